The maximum absolute atomic E-state index is 12.9. The molecule has 0 spiro atoms. The summed E-state index contributed by atoms with van der Waals surface area (Å²) in [5, 5.41) is 10.1. The van der Waals surface area contributed by atoms with E-state index in [1.165, 1.54) is 5.56 Å². The van der Waals surface area contributed by atoms with Gasteiger partial charge in [0.05, 0.1) is 22.9 Å². The molecule has 3 aromatic carbocycles. The lowest BCUT2D eigenvalue weighted by Crippen LogP contribution is -2.47. The molecule has 0 radical (unpaired) electrons. The molecule has 10 heteroatoms. The summed E-state index contributed by atoms with van der Waals surface area (Å²) in [5.41, 5.74) is 4.39. The van der Waals surface area contributed by atoms with Crippen molar-refractivity contribution in [3.05, 3.63) is 123 Å². The van der Waals surface area contributed by atoms with E-state index in [2.05, 4.69) is 16.0 Å². The van der Waals surface area contributed by atoms with Gasteiger partial charge in [0.2, 0.25) is 11.8 Å². The Balaban J connectivity index is 0.00000442. The van der Waals surface area contributed by atoms with Crippen molar-refractivity contribution in [1.29, 1.82) is 5.26 Å². The summed E-state index contributed by atoms with van der Waals surface area (Å²) in [7, 11) is 0. The summed E-state index contributed by atoms with van der Waals surface area (Å²) in [6.45, 7) is 6.08. The van der Waals surface area contributed by atoms with Gasteiger partial charge in [0.15, 0.2) is 5.75 Å². The summed E-state index contributed by atoms with van der Waals surface area (Å²) >= 11 is 12.6. The summed E-state index contributed by atoms with van der Waals surface area (Å²) in [6, 6.07) is 24.4. The fourth-order valence-electron chi connectivity index (χ4n) is 4.69. The monoisotopic (exact) mass is 648 g/mol. The lowest BCUT2D eigenvalue weighted by atomic mass is 10.1. The Bertz CT molecular complexity index is 1610. The second-order valence-corrected chi connectivity index (χ2v) is 11.1. The van der Waals surface area contributed by atoms with E-state index in [0.717, 1.165) is 41.3 Å². The van der Waals surface area contributed by atoms with Crippen molar-refractivity contribution < 1.29 is 14.3 Å². The number of nitriles is 1. The maximum Gasteiger partial charge on any atom is 0.246 e. The van der Waals surface area contributed by atoms with Crippen LogP contribution in [-0.2, 0) is 17.9 Å². The number of benzene rings is 3. The highest BCUT2D eigenvalue weighted by Gasteiger charge is 2.20. The first kappa shape index (κ1) is 32.8. The number of pyridine rings is 1. The highest BCUT2D eigenvalue weighted by Crippen LogP contribution is 2.34. The van der Waals surface area contributed by atoms with Gasteiger partial charge in [-0.3, -0.25) is 9.69 Å². The Hall–Kier alpha value is -4.06. The van der Waals surface area contributed by atoms with Crippen molar-refractivity contribution in [1.82, 2.24) is 14.8 Å². The molecule has 1 aliphatic heterocycles. The second kappa shape index (κ2) is 15.6. The van der Waals surface area contributed by atoms with Crippen LogP contribution in [-0.4, -0.2) is 46.9 Å². The Kier molecular flexibility index (Phi) is 11.6. The van der Waals surface area contributed by atoms with Gasteiger partial charge in [-0.15, -0.1) is 12.4 Å². The number of ether oxygens (including phenoxy) is 2. The largest absolute Gasteiger partial charge is 0.487 e. The summed E-state index contributed by atoms with van der Waals surface area (Å²) in [4.78, 5) is 21.4. The summed E-state index contributed by atoms with van der Waals surface area (Å²) < 4.78 is 11.8. The van der Waals surface area contributed by atoms with Crippen LogP contribution >= 0.6 is 35.6 Å². The van der Waals surface area contributed by atoms with E-state index in [4.69, 9.17) is 37.9 Å². The molecule has 1 amide bonds. The molecule has 0 saturated carbocycles. The van der Waals surface area contributed by atoms with E-state index in [0.29, 0.717) is 47.7 Å². The van der Waals surface area contributed by atoms with Crippen molar-refractivity contribution in [2.24, 2.45) is 0 Å². The van der Waals surface area contributed by atoms with Crippen LogP contribution in [0.25, 0.3) is 6.08 Å². The first-order valence-electron chi connectivity index (χ1n) is 13.9. The van der Waals surface area contributed by atoms with Gasteiger partial charge in [0.1, 0.15) is 12.4 Å². The highest BCUT2D eigenvalue weighted by molar-refractivity contribution is 6.32. The third-order valence-corrected chi connectivity index (χ3v) is 7.61. The lowest BCUT2D eigenvalue weighted by Gasteiger charge is -2.34. The molecule has 4 aromatic rings. The molecule has 1 aromatic heterocycles. The third-order valence-electron chi connectivity index (χ3n) is 7.08. The lowest BCUT2D eigenvalue weighted by molar-refractivity contribution is -0.127. The molecule has 5 rings (SSSR count). The zero-order valence-corrected chi connectivity index (χ0v) is 26.4. The number of halogens is 3. The number of aromatic nitrogens is 1. The van der Waals surface area contributed by atoms with Gasteiger partial charge in [0, 0.05) is 49.9 Å². The number of carbonyl (C=O) groups excluding carboxylic acids is 1. The van der Waals surface area contributed by atoms with Gasteiger partial charge in [-0.05, 0) is 77.7 Å². The SMILES string of the molecule is Cc1cc(C=CC(=O)N2CCN(Cc3ccc(Cl)cc3)CC2)cc(Cl)c1Oc1ccc(OCc2ccc(C#N)cc2)cn1.Cl. The maximum atomic E-state index is 12.9. The van der Waals surface area contributed by atoms with Crippen LogP contribution < -0.4 is 9.47 Å². The van der Waals surface area contributed by atoms with Crippen molar-refractivity contribution >= 4 is 47.6 Å². The molecule has 2 heterocycles. The standard InChI is InChI=1S/C34H30Cl2N4O3.ClH/c1-24-18-28(8-13-33(41)40-16-14-39(15-17-40)22-26-6-9-29(35)10-7-26)19-31(36)34(24)43-32-12-11-30(21-38-32)42-23-27-4-2-25(20-37)3-5-27;/h2-13,18-19,21H,14-17,22-23H2,1H3;1H. The molecule has 226 valence electrons. The zero-order chi connectivity index (χ0) is 30.2. The smallest absolute Gasteiger partial charge is 0.246 e. The van der Waals surface area contributed by atoms with Crippen molar-refractivity contribution in [2.45, 2.75) is 20.1 Å². The van der Waals surface area contributed by atoms with E-state index in [9.17, 15) is 4.79 Å². The molecule has 7 nitrogen and oxygen atoms in total. The normalized spacial score (nSPS) is 13.3. The van der Waals surface area contributed by atoms with Crippen LogP contribution in [0.4, 0.5) is 0 Å². The van der Waals surface area contributed by atoms with Crippen molar-refractivity contribution in [3.63, 3.8) is 0 Å². The van der Waals surface area contributed by atoms with Crippen LogP contribution in [0.1, 0.15) is 27.8 Å². The Morgan fingerprint density at radius 2 is 1.68 bits per heavy atom. The van der Waals surface area contributed by atoms with Crippen molar-refractivity contribution in [3.8, 4) is 23.4 Å². The van der Waals surface area contributed by atoms with Crippen LogP contribution in [0.5, 0.6) is 17.4 Å². The Morgan fingerprint density at radius 1 is 0.977 bits per heavy atom. The molecule has 44 heavy (non-hydrogen) atoms. The van der Waals surface area contributed by atoms with E-state index >= 15 is 0 Å². The molecule has 0 aliphatic carbocycles. The highest BCUT2D eigenvalue weighted by atomic mass is 35.5. The minimum absolute atomic E-state index is 0. The minimum atomic E-state index is -0.0223. The van der Waals surface area contributed by atoms with E-state index in [-0.39, 0.29) is 18.3 Å². The zero-order valence-electron chi connectivity index (χ0n) is 24.1. The van der Waals surface area contributed by atoms with Gasteiger partial charge in [-0.1, -0.05) is 47.5 Å². The Labute approximate surface area is 273 Å². The topological polar surface area (TPSA) is 78.7 Å². The third kappa shape index (κ3) is 8.98. The first-order valence-corrected chi connectivity index (χ1v) is 14.6. The number of amides is 1. The van der Waals surface area contributed by atoms with Gasteiger partial charge in [0.25, 0.3) is 0 Å². The second-order valence-electron chi connectivity index (χ2n) is 10.2. The Morgan fingerprint density at radius 3 is 2.32 bits per heavy atom. The van der Waals surface area contributed by atoms with E-state index in [1.807, 2.05) is 54.3 Å². The van der Waals surface area contributed by atoms with Crippen LogP contribution in [0.2, 0.25) is 10.0 Å². The van der Waals surface area contributed by atoms with E-state index < -0.39 is 0 Å². The van der Waals surface area contributed by atoms with Crippen LogP contribution in [0.3, 0.4) is 0 Å². The molecular weight excluding hydrogens is 619 g/mol. The average Bonchev–Trinajstić information content (AvgIpc) is 3.03. The van der Waals surface area contributed by atoms with Crippen molar-refractivity contribution in [2.75, 3.05) is 26.2 Å². The summed E-state index contributed by atoms with van der Waals surface area (Å²) in [5.74, 6) is 1.45. The number of carbonyl (C=O) groups is 1. The number of piperazine rings is 1. The molecule has 1 saturated heterocycles. The van der Waals surface area contributed by atoms with Gasteiger partial charge in [-0.2, -0.15) is 5.26 Å². The van der Waals surface area contributed by atoms with E-state index in [1.54, 1.807) is 48.7 Å². The minimum Gasteiger partial charge on any atom is -0.487 e. The molecule has 0 bridgehead atoms. The average molecular weight is 650 g/mol. The fourth-order valence-corrected chi connectivity index (χ4v) is 5.13. The van der Waals surface area contributed by atoms with Gasteiger partial charge >= 0.3 is 0 Å². The summed E-state index contributed by atoms with van der Waals surface area (Å²) in [6.07, 6.45) is 4.96. The van der Waals surface area contributed by atoms with Gasteiger partial charge in [-0.25, -0.2) is 4.98 Å². The molecule has 1 aliphatic rings. The molecule has 0 atom stereocenters. The number of hydrogen-bond donors (Lipinski definition) is 0. The number of rotatable bonds is 9. The predicted molar refractivity (Wildman–Crippen MR) is 176 cm³/mol. The number of hydrogen-bond acceptors (Lipinski definition) is 6. The number of nitrogens with zero attached hydrogens (tertiary/aromatic N) is 4. The fraction of sp³-hybridized carbons (Fsp3) is 0.206. The van der Waals surface area contributed by atoms with Crippen LogP contribution in [0.15, 0.2) is 85.1 Å². The molecule has 0 N–H and O–H groups in total. The quantitative estimate of drug-likeness (QED) is 0.173. The van der Waals surface area contributed by atoms with Crippen LogP contribution in [0, 0.1) is 18.3 Å². The predicted octanol–water partition coefficient (Wildman–Crippen LogP) is 7.72. The number of aryl methyl sites for hydroxylation is 1. The molecule has 0 unspecified atom stereocenters. The van der Waals surface area contributed by atoms with Gasteiger partial charge < -0.3 is 14.4 Å². The molecular formula is C34H31Cl3N4O3. The first-order chi connectivity index (χ1) is 20.9. The molecule has 1 fully saturated rings.